The maximum atomic E-state index is 6.48. The van der Waals surface area contributed by atoms with Gasteiger partial charge in [-0.2, -0.15) is 0 Å². The molecule has 1 unspecified atom stereocenters. The third-order valence-electron chi connectivity index (χ3n) is 3.98. The van der Waals surface area contributed by atoms with Gasteiger partial charge in [0.1, 0.15) is 0 Å². The number of aromatic nitrogens is 1. The molecule has 0 amide bonds. The summed E-state index contributed by atoms with van der Waals surface area (Å²) in [6, 6.07) is 18.7. The second-order valence-electron chi connectivity index (χ2n) is 5.72. The van der Waals surface area contributed by atoms with E-state index in [0.29, 0.717) is 5.92 Å². The molecule has 0 aliphatic carbocycles. The van der Waals surface area contributed by atoms with E-state index in [9.17, 15) is 0 Å². The first-order valence-corrected chi connectivity index (χ1v) is 7.36. The van der Waals surface area contributed by atoms with Crippen LogP contribution in [-0.4, -0.2) is 4.98 Å². The van der Waals surface area contributed by atoms with Gasteiger partial charge in [-0.05, 0) is 34.7 Å². The lowest BCUT2D eigenvalue weighted by molar-refractivity contribution is 0.851. The highest BCUT2D eigenvalue weighted by molar-refractivity contribution is 5.82. The number of pyridine rings is 1. The standard InChI is InChI=1S/C19H20N2/c1-13(2)14-8-10-15(11-9-14)19(20)17-5-3-7-18-16(17)6-4-12-21-18/h3-13,19H,20H2,1-2H3. The summed E-state index contributed by atoms with van der Waals surface area (Å²) in [5, 5.41) is 1.13. The number of nitrogens with zero attached hydrogens (tertiary/aromatic N) is 1. The molecule has 0 spiro atoms. The van der Waals surface area contributed by atoms with Crippen molar-refractivity contribution in [2.24, 2.45) is 5.73 Å². The first-order chi connectivity index (χ1) is 10.2. The van der Waals surface area contributed by atoms with Crippen molar-refractivity contribution in [3.05, 3.63) is 77.5 Å². The van der Waals surface area contributed by atoms with E-state index in [4.69, 9.17) is 5.73 Å². The van der Waals surface area contributed by atoms with E-state index in [0.717, 1.165) is 22.0 Å². The number of fused-ring (bicyclic) bond motifs is 1. The quantitative estimate of drug-likeness (QED) is 0.769. The third-order valence-corrected chi connectivity index (χ3v) is 3.98. The van der Waals surface area contributed by atoms with Gasteiger partial charge in [0.2, 0.25) is 0 Å². The predicted molar refractivity (Wildman–Crippen MR) is 88.3 cm³/mol. The molecule has 3 rings (SSSR count). The molecule has 106 valence electrons. The first-order valence-electron chi connectivity index (χ1n) is 7.36. The zero-order valence-corrected chi connectivity index (χ0v) is 12.5. The van der Waals surface area contributed by atoms with Crippen LogP contribution in [0, 0.1) is 0 Å². The molecule has 0 fully saturated rings. The van der Waals surface area contributed by atoms with Crippen LogP contribution in [0.25, 0.3) is 10.9 Å². The minimum absolute atomic E-state index is 0.126. The van der Waals surface area contributed by atoms with Crippen LogP contribution in [0.1, 0.15) is 42.5 Å². The van der Waals surface area contributed by atoms with Crippen LogP contribution in [0.15, 0.2) is 60.8 Å². The number of nitrogens with two attached hydrogens (primary N) is 1. The van der Waals surface area contributed by atoms with E-state index in [1.165, 1.54) is 5.56 Å². The van der Waals surface area contributed by atoms with Gasteiger partial charge in [-0.3, -0.25) is 4.98 Å². The average Bonchev–Trinajstić information content (AvgIpc) is 2.53. The van der Waals surface area contributed by atoms with Crippen molar-refractivity contribution < 1.29 is 0 Å². The van der Waals surface area contributed by atoms with Crippen molar-refractivity contribution in [3.8, 4) is 0 Å². The number of hydrogen-bond acceptors (Lipinski definition) is 2. The molecule has 2 nitrogen and oxygen atoms in total. The lowest BCUT2D eigenvalue weighted by atomic mass is 9.94. The fourth-order valence-electron chi connectivity index (χ4n) is 2.67. The number of hydrogen-bond donors (Lipinski definition) is 1. The number of rotatable bonds is 3. The topological polar surface area (TPSA) is 38.9 Å². The monoisotopic (exact) mass is 276 g/mol. The minimum atomic E-state index is -0.126. The second kappa shape index (κ2) is 5.66. The summed E-state index contributed by atoms with van der Waals surface area (Å²) in [4.78, 5) is 4.40. The summed E-state index contributed by atoms with van der Waals surface area (Å²) in [5.41, 5.74) is 11.1. The zero-order valence-electron chi connectivity index (χ0n) is 12.5. The van der Waals surface area contributed by atoms with Crippen LogP contribution >= 0.6 is 0 Å². The molecule has 3 aromatic rings. The fraction of sp³-hybridized carbons (Fsp3) is 0.211. The van der Waals surface area contributed by atoms with Crippen LogP contribution in [0.4, 0.5) is 0 Å². The van der Waals surface area contributed by atoms with Crippen molar-refractivity contribution >= 4 is 10.9 Å². The highest BCUT2D eigenvalue weighted by atomic mass is 14.7. The normalized spacial score (nSPS) is 12.8. The predicted octanol–water partition coefficient (Wildman–Crippen LogP) is 4.41. The van der Waals surface area contributed by atoms with E-state index >= 15 is 0 Å². The van der Waals surface area contributed by atoms with Crippen molar-refractivity contribution in [1.82, 2.24) is 4.98 Å². The minimum Gasteiger partial charge on any atom is -0.320 e. The van der Waals surface area contributed by atoms with E-state index < -0.39 is 0 Å². The summed E-state index contributed by atoms with van der Waals surface area (Å²) in [6.45, 7) is 4.40. The lowest BCUT2D eigenvalue weighted by Gasteiger charge is -2.16. The van der Waals surface area contributed by atoms with Crippen LogP contribution in [-0.2, 0) is 0 Å². The van der Waals surface area contributed by atoms with E-state index in [1.807, 2.05) is 24.4 Å². The van der Waals surface area contributed by atoms with Gasteiger partial charge in [-0.15, -0.1) is 0 Å². The van der Waals surface area contributed by atoms with Gasteiger partial charge in [0.05, 0.1) is 11.6 Å². The highest BCUT2D eigenvalue weighted by Gasteiger charge is 2.12. The molecule has 1 atom stereocenters. The molecule has 1 aromatic heterocycles. The molecule has 0 saturated carbocycles. The van der Waals surface area contributed by atoms with Gasteiger partial charge in [0.15, 0.2) is 0 Å². The number of benzene rings is 2. The third kappa shape index (κ3) is 2.67. The molecule has 0 aliphatic rings. The Labute approximate surface area is 125 Å². The van der Waals surface area contributed by atoms with Gasteiger partial charge < -0.3 is 5.73 Å². The largest absolute Gasteiger partial charge is 0.320 e. The van der Waals surface area contributed by atoms with Gasteiger partial charge in [0.25, 0.3) is 0 Å². The molecule has 2 N–H and O–H groups in total. The summed E-state index contributed by atoms with van der Waals surface area (Å²) >= 11 is 0. The van der Waals surface area contributed by atoms with E-state index in [2.05, 4.69) is 55.2 Å². The Morgan fingerprint density at radius 2 is 1.57 bits per heavy atom. The second-order valence-corrected chi connectivity index (χ2v) is 5.72. The van der Waals surface area contributed by atoms with Crippen molar-refractivity contribution in [1.29, 1.82) is 0 Å². The maximum absolute atomic E-state index is 6.48. The molecule has 2 heteroatoms. The Morgan fingerprint density at radius 1 is 0.857 bits per heavy atom. The summed E-state index contributed by atoms with van der Waals surface area (Å²) in [6.07, 6.45) is 1.81. The van der Waals surface area contributed by atoms with Gasteiger partial charge in [-0.25, -0.2) is 0 Å². The van der Waals surface area contributed by atoms with Gasteiger partial charge in [-0.1, -0.05) is 56.3 Å². The van der Waals surface area contributed by atoms with Crippen LogP contribution in [0.3, 0.4) is 0 Å². The molecular formula is C19H20N2. The van der Waals surface area contributed by atoms with Crippen LogP contribution in [0.5, 0.6) is 0 Å². The fourth-order valence-corrected chi connectivity index (χ4v) is 2.67. The molecule has 21 heavy (non-hydrogen) atoms. The molecule has 0 radical (unpaired) electrons. The molecule has 0 saturated heterocycles. The molecule has 1 heterocycles. The highest BCUT2D eigenvalue weighted by Crippen LogP contribution is 2.27. The molecule has 0 bridgehead atoms. The summed E-state index contributed by atoms with van der Waals surface area (Å²) in [7, 11) is 0. The van der Waals surface area contributed by atoms with Crippen molar-refractivity contribution in [2.45, 2.75) is 25.8 Å². The smallest absolute Gasteiger partial charge is 0.0705 e. The molecule has 2 aromatic carbocycles. The SMILES string of the molecule is CC(C)c1ccc(C(N)c2cccc3ncccc23)cc1. The zero-order chi connectivity index (χ0) is 14.8. The summed E-state index contributed by atoms with van der Waals surface area (Å²) < 4.78 is 0. The Bertz CT molecular complexity index is 740. The first kappa shape index (κ1) is 13.8. The van der Waals surface area contributed by atoms with E-state index in [-0.39, 0.29) is 6.04 Å². The Morgan fingerprint density at radius 3 is 2.29 bits per heavy atom. The molecular weight excluding hydrogens is 256 g/mol. The lowest BCUT2D eigenvalue weighted by Crippen LogP contribution is -2.12. The van der Waals surface area contributed by atoms with Crippen LogP contribution < -0.4 is 5.73 Å². The average molecular weight is 276 g/mol. The Balaban J connectivity index is 2.02. The van der Waals surface area contributed by atoms with E-state index in [1.54, 1.807) is 0 Å². The maximum Gasteiger partial charge on any atom is 0.0705 e. The van der Waals surface area contributed by atoms with Crippen molar-refractivity contribution in [2.75, 3.05) is 0 Å². The Hall–Kier alpha value is -2.19. The molecule has 0 aliphatic heterocycles. The van der Waals surface area contributed by atoms with Gasteiger partial charge in [0, 0.05) is 11.6 Å². The van der Waals surface area contributed by atoms with Crippen molar-refractivity contribution in [3.63, 3.8) is 0 Å². The summed E-state index contributed by atoms with van der Waals surface area (Å²) in [5.74, 6) is 0.539. The van der Waals surface area contributed by atoms with Gasteiger partial charge >= 0.3 is 0 Å². The van der Waals surface area contributed by atoms with Crippen LogP contribution in [0.2, 0.25) is 0 Å². The Kier molecular flexibility index (Phi) is 3.72.